The summed E-state index contributed by atoms with van der Waals surface area (Å²) >= 11 is 0. The average Bonchev–Trinajstić information content (AvgIpc) is 2.17. The summed E-state index contributed by atoms with van der Waals surface area (Å²) in [5.74, 6) is 3.79. The van der Waals surface area contributed by atoms with Crippen molar-refractivity contribution in [3.63, 3.8) is 0 Å². The van der Waals surface area contributed by atoms with Crippen molar-refractivity contribution in [2.45, 2.75) is 58.9 Å². The first-order valence-electron chi connectivity index (χ1n) is 6.88. The van der Waals surface area contributed by atoms with Crippen LogP contribution >= 0.6 is 0 Å². The molecule has 0 aromatic rings. The van der Waals surface area contributed by atoms with Gasteiger partial charge in [0.2, 0.25) is 0 Å². The lowest BCUT2D eigenvalue weighted by Crippen LogP contribution is -2.45. The highest BCUT2D eigenvalue weighted by molar-refractivity contribution is 4.86. The van der Waals surface area contributed by atoms with E-state index in [1.165, 1.54) is 38.6 Å². The number of rotatable bonds is 1. The normalized spacial score (nSPS) is 47.8. The lowest BCUT2D eigenvalue weighted by molar-refractivity contribution is 0.149. The lowest BCUT2D eigenvalue weighted by Gasteiger charge is -2.40. The molecular formula is C14H27N. The van der Waals surface area contributed by atoms with Gasteiger partial charge < -0.3 is 5.32 Å². The second-order valence-electron chi connectivity index (χ2n) is 6.37. The predicted octanol–water partition coefficient (Wildman–Crippen LogP) is 3.45. The monoisotopic (exact) mass is 209 g/mol. The number of piperidine rings is 1. The molecule has 4 unspecified atom stereocenters. The summed E-state index contributed by atoms with van der Waals surface area (Å²) in [7, 11) is 0. The van der Waals surface area contributed by atoms with Gasteiger partial charge in [0.15, 0.2) is 0 Å². The quantitative estimate of drug-likeness (QED) is 0.697. The van der Waals surface area contributed by atoms with Gasteiger partial charge >= 0.3 is 0 Å². The van der Waals surface area contributed by atoms with Gasteiger partial charge in [-0.3, -0.25) is 0 Å². The van der Waals surface area contributed by atoms with Crippen molar-refractivity contribution in [1.82, 2.24) is 5.32 Å². The first-order chi connectivity index (χ1) is 7.15. The summed E-state index contributed by atoms with van der Waals surface area (Å²) in [6.45, 7) is 8.50. The van der Waals surface area contributed by atoms with Gasteiger partial charge in [0.1, 0.15) is 0 Å². The van der Waals surface area contributed by atoms with Crippen LogP contribution in [0.1, 0.15) is 52.9 Å². The summed E-state index contributed by atoms with van der Waals surface area (Å²) in [5, 5.41) is 3.78. The van der Waals surface area contributed by atoms with E-state index in [1.807, 2.05) is 0 Å². The molecule has 1 aliphatic carbocycles. The molecule has 0 aromatic carbocycles. The van der Waals surface area contributed by atoms with E-state index < -0.39 is 0 Å². The van der Waals surface area contributed by atoms with Crippen molar-refractivity contribution in [3.8, 4) is 0 Å². The third-order valence-corrected chi connectivity index (χ3v) is 4.48. The standard InChI is InChI=1S/C14H27N/c1-10-4-5-14(15-9-10)13-7-11(2)6-12(3)8-13/h10-15H,4-9H2,1-3H3. The Morgan fingerprint density at radius 2 is 1.47 bits per heavy atom. The van der Waals surface area contributed by atoms with E-state index in [9.17, 15) is 0 Å². The Morgan fingerprint density at radius 3 is 2.00 bits per heavy atom. The summed E-state index contributed by atoms with van der Waals surface area (Å²) in [6, 6.07) is 0.839. The molecule has 0 aromatic heterocycles. The van der Waals surface area contributed by atoms with E-state index in [0.717, 1.165) is 29.7 Å². The zero-order valence-electron chi connectivity index (χ0n) is 10.6. The fraction of sp³-hybridized carbons (Fsp3) is 1.00. The highest BCUT2D eigenvalue weighted by Crippen LogP contribution is 2.36. The van der Waals surface area contributed by atoms with E-state index in [-0.39, 0.29) is 0 Å². The molecule has 1 saturated carbocycles. The summed E-state index contributed by atoms with van der Waals surface area (Å²) < 4.78 is 0. The Kier molecular flexibility index (Phi) is 3.71. The maximum Gasteiger partial charge on any atom is 0.00957 e. The fourth-order valence-corrected chi connectivity index (χ4v) is 3.76. The van der Waals surface area contributed by atoms with Crippen molar-refractivity contribution < 1.29 is 0 Å². The SMILES string of the molecule is CC1CCC(C2CC(C)CC(C)C2)NC1. The molecule has 88 valence electrons. The van der Waals surface area contributed by atoms with Crippen LogP contribution in [0.15, 0.2) is 0 Å². The molecule has 2 rings (SSSR count). The minimum atomic E-state index is 0.839. The molecule has 1 saturated heterocycles. The van der Waals surface area contributed by atoms with Crippen molar-refractivity contribution in [2.24, 2.45) is 23.7 Å². The van der Waals surface area contributed by atoms with Crippen LogP contribution in [0.25, 0.3) is 0 Å². The molecule has 0 amide bonds. The minimum absolute atomic E-state index is 0.839. The second kappa shape index (κ2) is 4.86. The topological polar surface area (TPSA) is 12.0 Å². The highest BCUT2D eigenvalue weighted by Gasteiger charge is 2.31. The molecule has 1 heterocycles. The third-order valence-electron chi connectivity index (χ3n) is 4.48. The van der Waals surface area contributed by atoms with Gasteiger partial charge in [-0.1, -0.05) is 20.8 Å². The lowest BCUT2D eigenvalue weighted by atomic mass is 9.72. The fourth-order valence-electron chi connectivity index (χ4n) is 3.76. The Hall–Kier alpha value is -0.0400. The van der Waals surface area contributed by atoms with Crippen LogP contribution in [0.2, 0.25) is 0 Å². The van der Waals surface area contributed by atoms with Gasteiger partial charge in [-0.05, 0) is 62.3 Å². The number of nitrogens with one attached hydrogen (secondary N) is 1. The molecule has 0 radical (unpaired) electrons. The van der Waals surface area contributed by atoms with E-state index in [4.69, 9.17) is 0 Å². The molecule has 1 aliphatic heterocycles. The van der Waals surface area contributed by atoms with Gasteiger partial charge in [-0.2, -0.15) is 0 Å². The van der Waals surface area contributed by atoms with Crippen molar-refractivity contribution in [1.29, 1.82) is 0 Å². The first-order valence-corrected chi connectivity index (χ1v) is 6.88. The van der Waals surface area contributed by atoms with E-state index in [2.05, 4.69) is 26.1 Å². The summed E-state index contributed by atoms with van der Waals surface area (Å²) in [6.07, 6.45) is 7.26. The maximum absolute atomic E-state index is 3.78. The molecule has 2 fully saturated rings. The van der Waals surface area contributed by atoms with E-state index in [1.54, 1.807) is 0 Å². The van der Waals surface area contributed by atoms with Gasteiger partial charge in [-0.15, -0.1) is 0 Å². The molecule has 0 spiro atoms. The van der Waals surface area contributed by atoms with Crippen LogP contribution < -0.4 is 5.32 Å². The molecule has 1 heteroatoms. The average molecular weight is 209 g/mol. The zero-order chi connectivity index (χ0) is 10.8. The van der Waals surface area contributed by atoms with Crippen LogP contribution in [0.5, 0.6) is 0 Å². The first kappa shape index (κ1) is 11.4. The van der Waals surface area contributed by atoms with Crippen LogP contribution in [0, 0.1) is 23.7 Å². The van der Waals surface area contributed by atoms with Gasteiger partial charge in [-0.25, -0.2) is 0 Å². The van der Waals surface area contributed by atoms with Gasteiger partial charge in [0.05, 0.1) is 0 Å². The Bertz CT molecular complexity index is 184. The highest BCUT2D eigenvalue weighted by atomic mass is 14.9. The van der Waals surface area contributed by atoms with Crippen molar-refractivity contribution in [2.75, 3.05) is 6.54 Å². The predicted molar refractivity (Wildman–Crippen MR) is 65.9 cm³/mol. The molecule has 2 aliphatic rings. The van der Waals surface area contributed by atoms with Gasteiger partial charge in [0.25, 0.3) is 0 Å². The molecule has 1 N–H and O–H groups in total. The molecule has 4 atom stereocenters. The van der Waals surface area contributed by atoms with Crippen LogP contribution in [0.3, 0.4) is 0 Å². The number of hydrogen-bond acceptors (Lipinski definition) is 1. The van der Waals surface area contributed by atoms with E-state index >= 15 is 0 Å². The molecule has 1 nitrogen and oxygen atoms in total. The largest absolute Gasteiger partial charge is 0.313 e. The summed E-state index contributed by atoms with van der Waals surface area (Å²) in [5.41, 5.74) is 0. The van der Waals surface area contributed by atoms with Crippen molar-refractivity contribution >= 4 is 0 Å². The van der Waals surface area contributed by atoms with Crippen LogP contribution in [-0.4, -0.2) is 12.6 Å². The van der Waals surface area contributed by atoms with Crippen LogP contribution in [-0.2, 0) is 0 Å². The smallest absolute Gasteiger partial charge is 0.00957 e. The summed E-state index contributed by atoms with van der Waals surface area (Å²) in [4.78, 5) is 0. The molecule has 0 bridgehead atoms. The maximum atomic E-state index is 3.78. The molecule has 15 heavy (non-hydrogen) atoms. The zero-order valence-corrected chi connectivity index (χ0v) is 10.6. The minimum Gasteiger partial charge on any atom is -0.313 e. The Labute approximate surface area is 95.0 Å². The third kappa shape index (κ3) is 2.96. The van der Waals surface area contributed by atoms with E-state index in [0.29, 0.717) is 0 Å². The second-order valence-corrected chi connectivity index (χ2v) is 6.37. The van der Waals surface area contributed by atoms with Crippen LogP contribution in [0.4, 0.5) is 0 Å². The van der Waals surface area contributed by atoms with Crippen molar-refractivity contribution in [3.05, 3.63) is 0 Å². The molecular weight excluding hydrogens is 182 g/mol. The number of hydrogen-bond donors (Lipinski definition) is 1. The Morgan fingerprint density at radius 1 is 0.800 bits per heavy atom. The Balaban J connectivity index is 1.87. The van der Waals surface area contributed by atoms with Gasteiger partial charge in [0, 0.05) is 6.04 Å².